The van der Waals surface area contributed by atoms with Crippen molar-refractivity contribution < 1.29 is 14.7 Å². The van der Waals surface area contributed by atoms with E-state index in [0.717, 1.165) is 89.4 Å². The van der Waals surface area contributed by atoms with Crippen LogP contribution < -0.4 is 0 Å². The Bertz CT molecular complexity index is 1870. The average molecular weight is 711 g/mol. The minimum atomic E-state index is -1.000. The molecule has 2 spiro atoms. The van der Waals surface area contributed by atoms with Gasteiger partial charge in [0.15, 0.2) is 5.78 Å². The van der Waals surface area contributed by atoms with Gasteiger partial charge in [0.05, 0.1) is 11.5 Å². The van der Waals surface area contributed by atoms with Crippen molar-refractivity contribution in [1.82, 2.24) is 4.90 Å². The highest BCUT2D eigenvalue weighted by Crippen LogP contribution is 2.78. The van der Waals surface area contributed by atoms with E-state index in [0.29, 0.717) is 23.5 Å². The summed E-state index contributed by atoms with van der Waals surface area (Å²) >= 11 is 5.73. The lowest BCUT2D eigenvalue weighted by Gasteiger charge is -2.60. The monoisotopic (exact) mass is 709 g/mol. The molecule has 7 aliphatic rings. The fourth-order valence-corrected chi connectivity index (χ4v) is 15.4. The van der Waals surface area contributed by atoms with Crippen LogP contribution in [0.5, 0.6) is 0 Å². The van der Waals surface area contributed by atoms with E-state index in [1.807, 2.05) is 23.9 Å². The largest absolute Gasteiger partial charge is 0.393 e. The van der Waals surface area contributed by atoms with Crippen LogP contribution in [0.2, 0.25) is 0 Å². The molecule has 0 radical (unpaired) electrons. The van der Waals surface area contributed by atoms with Gasteiger partial charge in [-0.15, -0.1) is 11.8 Å². The lowest BCUT2D eigenvalue weighted by molar-refractivity contribution is -0.146. The van der Waals surface area contributed by atoms with E-state index in [1.54, 1.807) is 0 Å². The standard InChI is InChI=1S/C41H44BrNO3S/c1-38-16-14-27(44)19-25(38)12-13-28-30(38)15-17-39(2)32(28)20-40(37(39)46)35(24-8-3-9-26(42)18-24)33-21-47-22-43(33)41(40)31-11-5-7-23-6-4-10-29(34(23)31)36(41)45/h3-11,18,25,27-28,30,32-33,35,44H,12-17,19-22H2,1-2H3/t25-,27-,28+,30-,32-,33-,35-,38-,39-,40-,41-/m0/s1. The van der Waals surface area contributed by atoms with Crippen LogP contribution in [0.1, 0.15) is 92.6 Å². The van der Waals surface area contributed by atoms with Crippen molar-refractivity contribution in [2.75, 3.05) is 11.6 Å². The Kier molecular flexibility index (Phi) is 6.25. The van der Waals surface area contributed by atoms with E-state index in [1.165, 1.54) is 5.56 Å². The number of carbonyl (C=O) groups excluding carboxylic acids is 2. The van der Waals surface area contributed by atoms with Gasteiger partial charge in [0, 0.05) is 39.0 Å². The Morgan fingerprint density at radius 3 is 2.57 bits per heavy atom. The highest BCUT2D eigenvalue weighted by Gasteiger charge is 2.82. The molecule has 2 heterocycles. The van der Waals surface area contributed by atoms with Crippen molar-refractivity contribution in [2.45, 2.75) is 88.8 Å². The molecule has 6 heteroatoms. The number of hydrogen-bond donors (Lipinski definition) is 1. The van der Waals surface area contributed by atoms with Gasteiger partial charge in [-0.3, -0.25) is 14.5 Å². The van der Waals surface area contributed by atoms with Crippen LogP contribution in [0.3, 0.4) is 0 Å². The van der Waals surface area contributed by atoms with Crippen molar-refractivity contribution in [3.05, 3.63) is 81.8 Å². The van der Waals surface area contributed by atoms with Crippen molar-refractivity contribution in [1.29, 1.82) is 0 Å². The Hall–Kier alpha value is -1.99. The van der Waals surface area contributed by atoms with Gasteiger partial charge in [-0.1, -0.05) is 78.3 Å². The number of Topliss-reactive ketones (excluding diaryl/α,β-unsaturated/α-hetero) is 2. The first-order valence-corrected chi connectivity index (χ1v) is 20.0. The molecule has 3 aromatic carbocycles. The summed E-state index contributed by atoms with van der Waals surface area (Å²) in [5, 5.41) is 12.8. The van der Waals surface area contributed by atoms with Gasteiger partial charge >= 0.3 is 0 Å². The lowest BCUT2D eigenvalue weighted by atomic mass is 9.45. The van der Waals surface area contributed by atoms with Crippen LogP contribution in [0, 0.1) is 39.9 Å². The second kappa shape index (κ2) is 9.83. The van der Waals surface area contributed by atoms with E-state index in [2.05, 4.69) is 83.2 Å². The Labute approximate surface area is 290 Å². The third-order valence-electron chi connectivity index (χ3n) is 15.5. The Balaban J connectivity index is 1.22. The van der Waals surface area contributed by atoms with Gasteiger partial charge in [0.25, 0.3) is 0 Å². The molecule has 10 rings (SSSR count). The van der Waals surface area contributed by atoms with Gasteiger partial charge in [0.1, 0.15) is 11.3 Å². The molecular weight excluding hydrogens is 666 g/mol. The normalized spacial score (nSPS) is 45.1. The van der Waals surface area contributed by atoms with Crippen LogP contribution in [-0.2, 0) is 10.3 Å². The van der Waals surface area contributed by atoms with E-state index in [-0.39, 0.29) is 35.2 Å². The second-order valence-electron chi connectivity index (χ2n) is 16.9. The molecule has 4 nitrogen and oxygen atoms in total. The number of rotatable bonds is 1. The number of benzene rings is 3. The number of hydrogen-bond acceptors (Lipinski definition) is 5. The Morgan fingerprint density at radius 1 is 0.936 bits per heavy atom. The number of fused-ring (bicyclic) bond motifs is 9. The van der Waals surface area contributed by atoms with E-state index < -0.39 is 16.4 Å². The molecule has 0 amide bonds. The number of thioether (sulfide) groups is 1. The number of ketones is 2. The molecule has 6 fully saturated rings. The van der Waals surface area contributed by atoms with Gasteiger partial charge in [-0.2, -0.15) is 0 Å². The topological polar surface area (TPSA) is 57.6 Å². The lowest BCUT2D eigenvalue weighted by Crippen LogP contribution is -2.58. The molecule has 47 heavy (non-hydrogen) atoms. The fraction of sp³-hybridized carbons (Fsp3) is 0.561. The van der Waals surface area contributed by atoms with Crippen molar-refractivity contribution in [2.24, 2.45) is 39.9 Å². The highest BCUT2D eigenvalue weighted by atomic mass is 79.9. The van der Waals surface area contributed by atoms with Gasteiger partial charge in [0.2, 0.25) is 0 Å². The number of aliphatic hydroxyl groups excluding tert-OH is 1. The number of halogens is 1. The zero-order valence-electron chi connectivity index (χ0n) is 27.4. The maximum atomic E-state index is 16.2. The summed E-state index contributed by atoms with van der Waals surface area (Å²) in [7, 11) is 0. The SMILES string of the molecule is C[C@]12CC[C@H](O)C[C@@H]1CC[C@@H]1[C@@H]2CC[C@]2(C)C(=O)[C@]3(C[C@@H]12)[C@@H](c1cccc(Br)c1)[C@@H]1CSCN1[C@@]31C(=O)c2cccc3cccc1c23. The summed E-state index contributed by atoms with van der Waals surface area (Å²) < 4.78 is 1.03. The van der Waals surface area contributed by atoms with Crippen LogP contribution in [0.15, 0.2) is 65.1 Å². The second-order valence-corrected chi connectivity index (χ2v) is 18.8. The maximum absolute atomic E-state index is 16.2. The quantitative estimate of drug-likeness (QED) is 0.274. The molecule has 5 aliphatic carbocycles. The molecule has 0 bridgehead atoms. The zero-order valence-corrected chi connectivity index (χ0v) is 29.8. The molecule has 244 valence electrons. The first-order valence-electron chi connectivity index (χ1n) is 18.1. The molecule has 11 atom stereocenters. The number of nitrogens with zero attached hydrogens (tertiary/aromatic N) is 1. The van der Waals surface area contributed by atoms with Gasteiger partial charge in [-0.25, -0.2) is 0 Å². The van der Waals surface area contributed by atoms with Gasteiger partial charge < -0.3 is 5.11 Å². The predicted octanol–water partition coefficient (Wildman–Crippen LogP) is 8.74. The van der Waals surface area contributed by atoms with Crippen molar-refractivity contribution in [3.8, 4) is 0 Å². The highest BCUT2D eigenvalue weighted by molar-refractivity contribution is 9.10. The molecule has 0 unspecified atom stereocenters. The van der Waals surface area contributed by atoms with Crippen molar-refractivity contribution >= 4 is 50.0 Å². The fourth-order valence-electron chi connectivity index (χ4n) is 13.7. The van der Waals surface area contributed by atoms with Crippen LogP contribution in [0.4, 0.5) is 0 Å². The third kappa shape index (κ3) is 3.41. The third-order valence-corrected chi connectivity index (χ3v) is 17.0. The first-order chi connectivity index (χ1) is 22.7. The summed E-state index contributed by atoms with van der Waals surface area (Å²) in [6.07, 6.45) is 7.85. The predicted molar refractivity (Wildman–Crippen MR) is 190 cm³/mol. The average Bonchev–Trinajstić information content (AvgIpc) is 3.76. The molecule has 4 saturated carbocycles. The van der Waals surface area contributed by atoms with E-state index in [9.17, 15) is 5.11 Å². The summed E-state index contributed by atoms with van der Waals surface area (Å²) in [5.74, 6) is 4.07. The number of carbonyl (C=O) groups is 2. The molecule has 1 N–H and O–H groups in total. The van der Waals surface area contributed by atoms with Crippen molar-refractivity contribution in [3.63, 3.8) is 0 Å². The van der Waals surface area contributed by atoms with Crippen LogP contribution in [0.25, 0.3) is 10.8 Å². The molecule has 3 aromatic rings. The smallest absolute Gasteiger partial charge is 0.189 e. The zero-order chi connectivity index (χ0) is 32.1. The van der Waals surface area contributed by atoms with Gasteiger partial charge in [-0.05, 0) is 114 Å². The molecular formula is C41H44BrNO3S. The summed E-state index contributed by atoms with van der Waals surface area (Å²) in [4.78, 5) is 34.4. The number of aliphatic hydroxyl groups is 1. The summed E-state index contributed by atoms with van der Waals surface area (Å²) in [6.45, 7) is 4.85. The first kappa shape index (κ1) is 29.9. The molecule has 0 aromatic heterocycles. The van der Waals surface area contributed by atoms with E-state index in [4.69, 9.17) is 0 Å². The summed E-state index contributed by atoms with van der Waals surface area (Å²) in [5.41, 5.74) is 1.02. The Morgan fingerprint density at radius 2 is 1.74 bits per heavy atom. The van der Waals surface area contributed by atoms with Crippen LogP contribution in [-0.4, -0.2) is 45.3 Å². The maximum Gasteiger partial charge on any atom is 0.189 e. The minimum absolute atomic E-state index is 0.0614. The van der Waals surface area contributed by atoms with E-state index >= 15 is 9.59 Å². The molecule has 2 aliphatic heterocycles. The summed E-state index contributed by atoms with van der Waals surface area (Å²) in [6, 6.07) is 21.5. The minimum Gasteiger partial charge on any atom is -0.393 e. The molecule has 2 saturated heterocycles. The van der Waals surface area contributed by atoms with Crippen LogP contribution >= 0.6 is 27.7 Å².